The minimum Gasteiger partial charge on any atom is -0.376 e. The standard InChI is InChI=1S/C18H40N2O2/c1-16(20(8)9)15-22-18(4,5)12-11-17(2,3)21-14-10-13-19(6)7/h16H,10-15H2,1-9H3. The maximum atomic E-state index is 6.10. The van der Waals surface area contributed by atoms with Gasteiger partial charge in [0.1, 0.15) is 0 Å². The van der Waals surface area contributed by atoms with Gasteiger partial charge in [-0.15, -0.1) is 0 Å². The quantitative estimate of drug-likeness (QED) is 0.516. The second-order valence-electron chi connectivity index (χ2n) is 8.15. The minimum atomic E-state index is -0.103. The summed E-state index contributed by atoms with van der Waals surface area (Å²) in [6, 6.07) is 0.439. The SMILES string of the molecule is CC(COC(C)(C)CCC(C)(C)OCCCN(C)C)N(C)C. The first-order valence-electron chi connectivity index (χ1n) is 8.54. The Balaban J connectivity index is 4.05. The van der Waals surface area contributed by atoms with Gasteiger partial charge in [-0.25, -0.2) is 0 Å². The summed E-state index contributed by atoms with van der Waals surface area (Å²) in [4.78, 5) is 4.38. The third kappa shape index (κ3) is 11.4. The summed E-state index contributed by atoms with van der Waals surface area (Å²) in [6.45, 7) is 13.6. The zero-order valence-electron chi connectivity index (χ0n) is 16.5. The summed E-state index contributed by atoms with van der Waals surface area (Å²) in [5.41, 5.74) is -0.186. The van der Waals surface area contributed by atoms with Gasteiger partial charge in [-0.2, -0.15) is 0 Å². The maximum Gasteiger partial charge on any atom is 0.0628 e. The average molecular weight is 317 g/mol. The van der Waals surface area contributed by atoms with Gasteiger partial charge in [-0.05, 0) is 88.6 Å². The monoisotopic (exact) mass is 316 g/mol. The van der Waals surface area contributed by atoms with Crippen LogP contribution in [0, 0.1) is 0 Å². The molecule has 0 amide bonds. The molecule has 0 radical (unpaired) electrons. The lowest BCUT2D eigenvalue weighted by atomic mass is 9.93. The lowest BCUT2D eigenvalue weighted by molar-refractivity contribution is -0.0731. The van der Waals surface area contributed by atoms with E-state index in [0.29, 0.717) is 6.04 Å². The molecule has 0 aliphatic heterocycles. The zero-order valence-corrected chi connectivity index (χ0v) is 16.5. The fourth-order valence-electron chi connectivity index (χ4n) is 1.97. The molecule has 0 aliphatic carbocycles. The highest BCUT2D eigenvalue weighted by atomic mass is 16.5. The van der Waals surface area contributed by atoms with E-state index in [9.17, 15) is 0 Å². The van der Waals surface area contributed by atoms with E-state index in [0.717, 1.165) is 39.0 Å². The van der Waals surface area contributed by atoms with Gasteiger partial charge in [0.05, 0.1) is 17.8 Å². The zero-order chi connectivity index (χ0) is 17.4. The molecule has 0 aromatic heterocycles. The van der Waals surface area contributed by atoms with Crippen LogP contribution in [0.3, 0.4) is 0 Å². The van der Waals surface area contributed by atoms with Crippen LogP contribution in [-0.4, -0.2) is 75.0 Å². The number of nitrogens with zero attached hydrogens (tertiary/aromatic N) is 2. The molecule has 0 N–H and O–H groups in total. The van der Waals surface area contributed by atoms with E-state index in [1.54, 1.807) is 0 Å². The summed E-state index contributed by atoms with van der Waals surface area (Å²) in [5, 5.41) is 0. The minimum absolute atomic E-state index is 0.0832. The summed E-state index contributed by atoms with van der Waals surface area (Å²) in [5.74, 6) is 0. The Morgan fingerprint density at radius 2 is 1.36 bits per heavy atom. The van der Waals surface area contributed by atoms with Crippen molar-refractivity contribution in [1.29, 1.82) is 0 Å². The molecule has 1 unspecified atom stereocenters. The lowest BCUT2D eigenvalue weighted by Crippen LogP contribution is -2.36. The van der Waals surface area contributed by atoms with Crippen LogP contribution in [0.25, 0.3) is 0 Å². The molecule has 4 heteroatoms. The average Bonchev–Trinajstić information content (AvgIpc) is 2.39. The summed E-state index contributed by atoms with van der Waals surface area (Å²) >= 11 is 0. The summed E-state index contributed by atoms with van der Waals surface area (Å²) in [7, 11) is 8.37. The Kier molecular flexibility index (Phi) is 9.79. The van der Waals surface area contributed by atoms with Crippen LogP contribution in [0.15, 0.2) is 0 Å². The van der Waals surface area contributed by atoms with Gasteiger partial charge in [0.15, 0.2) is 0 Å². The second kappa shape index (κ2) is 9.86. The molecule has 0 bridgehead atoms. The normalized spacial score (nSPS) is 14.9. The van der Waals surface area contributed by atoms with Gasteiger partial charge in [0.2, 0.25) is 0 Å². The van der Waals surface area contributed by atoms with Crippen LogP contribution >= 0.6 is 0 Å². The molecule has 0 heterocycles. The van der Waals surface area contributed by atoms with E-state index >= 15 is 0 Å². The Hall–Kier alpha value is -0.160. The van der Waals surface area contributed by atoms with Crippen molar-refractivity contribution < 1.29 is 9.47 Å². The molecule has 134 valence electrons. The molecular formula is C18H40N2O2. The van der Waals surface area contributed by atoms with Crippen molar-refractivity contribution >= 4 is 0 Å². The highest BCUT2D eigenvalue weighted by molar-refractivity contribution is 4.77. The van der Waals surface area contributed by atoms with E-state index in [1.807, 2.05) is 0 Å². The molecule has 4 nitrogen and oxygen atoms in total. The van der Waals surface area contributed by atoms with Gasteiger partial charge in [-0.1, -0.05) is 0 Å². The molecule has 22 heavy (non-hydrogen) atoms. The third-order valence-electron chi connectivity index (χ3n) is 4.17. The van der Waals surface area contributed by atoms with E-state index < -0.39 is 0 Å². The third-order valence-corrected chi connectivity index (χ3v) is 4.17. The first kappa shape index (κ1) is 21.8. The van der Waals surface area contributed by atoms with Gasteiger partial charge < -0.3 is 19.3 Å². The first-order valence-corrected chi connectivity index (χ1v) is 8.54. The Bertz CT molecular complexity index is 289. The predicted molar refractivity (Wildman–Crippen MR) is 95.6 cm³/mol. The van der Waals surface area contributed by atoms with Crippen molar-refractivity contribution in [3.63, 3.8) is 0 Å². The highest BCUT2D eigenvalue weighted by Gasteiger charge is 2.26. The molecule has 0 saturated carbocycles. The van der Waals surface area contributed by atoms with Crippen LogP contribution < -0.4 is 0 Å². The molecule has 1 atom stereocenters. The maximum absolute atomic E-state index is 6.10. The number of ether oxygens (including phenoxy) is 2. The number of hydrogen-bond acceptors (Lipinski definition) is 4. The van der Waals surface area contributed by atoms with Crippen LogP contribution in [0.1, 0.15) is 53.9 Å². The van der Waals surface area contributed by atoms with E-state index in [-0.39, 0.29) is 11.2 Å². The van der Waals surface area contributed by atoms with E-state index in [2.05, 4.69) is 72.6 Å². The van der Waals surface area contributed by atoms with Crippen LogP contribution in [-0.2, 0) is 9.47 Å². The predicted octanol–water partition coefficient (Wildman–Crippen LogP) is 3.26. The number of likely N-dealkylation sites (N-methyl/N-ethyl adjacent to an activating group) is 1. The molecule has 0 fully saturated rings. The fourth-order valence-corrected chi connectivity index (χ4v) is 1.97. The van der Waals surface area contributed by atoms with Crippen LogP contribution in [0.2, 0.25) is 0 Å². The number of rotatable bonds is 12. The second-order valence-corrected chi connectivity index (χ2v) is 8.15. The molecule has 0 aromatic carbocycles. The fraction of sp³-hybridized carbons (Fsp3) is 1.00. The molecular weight excluding hydrogens is 276 g/mol. The Morgan fingerprint density at radius 3 is 1.82 bits per heavy atom. The van der Waals surface area contributed by atoms with Gasteiger partial charge in [-0.3, -0.25) is 0 Å². The van der Waals surface area contributed by atoms with Gasteiger partial charge in [0, 0.05) is 12.6 Å². The topological polar surface area (TPSA) is 24.9 Å². The van der Waals surface area contributed by atoms with Crippen molar-refractivity contribution in [3.05, 3.63) is 0 Å². The first-order chi connectivity index (χ1) is 9.95. The van der Waals surface area contributed by atoms with Crippen molar-refractivity contribution in [2.24, 2.45) is 0 Å². The largest absolute Gasteiger partial charge is 0.376 e. The van der Waals surface area contributed by atoms with E-state index in [4.69, 9.17) is 9.47 Å². The van der Waals surface area contributed by atoms with Crippen molar-refractivity contribution in [2.45, 2.75) is 71.1 Å². The van der Waals surface area contributed by atoms with Crippen molar-refractivity contribution in [2.75, 3.05) is 47.9 Å². The number of hydrogen-bond donors (Lipinski definition) is 0. The smallest absolute Gasteiger partial charge is 0.0628 e. The Morgan fingerprint density at radius 1 is 0.864 bits per heavy atom. The van der Waals surface area contributed by atoms with Crippen molar-refractivity contribution in [3.8, 4) is 0 Å². The van der Waals surface area contributed by atoms with Gasteiger partial charge in [0.25, 0.3) is 0 Å². The van der Waals surface area contributed by atoms with Crippen LogP contribution in [0.5, 0.6) is 0 Å². The lowest BCUT2D eigenvalue weighted by Gasteiger charge is -2.33. The van der Waals surface area contributed by atoms with Crippen molar-refractivity contribution in [1.82, 2.24) is 9.80 Å². The molecule has 0 rings (SSSR count). The summed E-state index contributed by atoms with van der Waals surface area (Å²) in [6.07, 6.45) is 3.10. The molecule has 0 aromatic rings. The van der Waals surface area contributed by atoms with E-state index in [1.165, 1.54) is 0 Å². The van der Waals surface area contributed by atoms with Crippen LogP contribution in [0.4, 0.5) is 0 Å². The summed E-state index contributed by atoms with van der Waals surface area (Å²) < 4.78 is 12.1. The molecule has 0 spiro atoms. The Labute approximate surface area is 139 Å². The molecule has 0 aliphatic rings. The highest BCUT2D eigenvalue weighted by Crippen LogP contribution is 2.25. The molecule has 0 saturated heterocycles. The van der Waals surface area contributed by atoms with Gasteiger partial charge >= 0.3 is 0 Å².